The SMILES string of the molecule is CCc1cc(O)ccc1C=O. The molecule has 0 spiro atoms. The van der Waals surface area contributed by atoms with Crippen LogP contribution in [0.4, 0.5) is 0 Å². The van der Waals surface area contributed by atoms with E-state index in [2.05, 4.69) is 0 Å². The Labute approximate surface area is 65.5 Å². The van der Waals surface area contributed by atoms with E-state index in [9.17, 15) is 4.79 Å². The van der Waals surface area contributed by atoms with Gasteiger partial charge in [0, 0.05) is 5.56 Å². The molecular weight excluding hydrogens is 140 g/mol. The fourth-order valence-electron chi connectivity index (χ4n) is 1.01. The van der Waals surface area contributed by atoms with Gasteiger partial charge in [-0.1, -0.05) is 6.92 Å². The highest BCUT2D eigenvalue weighted by Crippen LogP contribution is 2.15. The molecule has 0 fully saturated rings. The Kier molecular flexibility index (Phi) is 2.26. The summed E-state index contributed by atoms with van der Waals surface area (Å²) in [6, 6.07) is 4.76. The smallest absolute Gasteiger partial charge is 0.150 e. The molecule has 0 saturated carbocycles. The van der Waals surface area contributed by atoms with Crippen molar-refractivity contribution in [3.05, 3.63) is 29.3 Å². The number of aryl methyl sites for hydroxylation is 1. The van der Waals surface area contributed by atoms with Gasteiger partial charge in [0.05, 0.1) is 0 Å². The van der Waals surface area contributed by atoms with Crippen LogP contribution in [-0.4, -0.2) is 11.4 Å². The Morgan fingerprint density at radius 2 is 2.27 bits per heavy atom. The molecule has 1 N–H and O–H groups in total. The molecule has 0 atom stereocenters. The van der Waals surface area contributed by atoms with E-state index in [1.165, 1.54) is 6.07 Å². The first-order chi connectivity index (χ1) is 5.27. The molecule has 0 radical (unpaired) electrons. The van der Waals surface area contributed by atoms with Gasteiger partial charge in [-0.15, -0.1) is 0 Å². The normalized spacial score (nSPS) is 9.55. The number of benzene rings is 1. The van der Waals surface area contributed by atoms with Crippen molar-refractivity contribution in [2.45, 2.75) is 13.3 Å². The fraction of sp³-hybridized carbons (Fsp3) is 0.222. The van der Waals surface area contributed by atoms with E-state index in [4.69, 9.17) is 5.11 Å². The van der Waals surface area contributed by atoms with E-state index >= 15 is 0 Å². The lowest BCUT2D eigenvalue weighted by Gasteiger charge is -2.00. The minimum absolute atomic E-state index is 0.215. The second kappa shape index (κ2) is 3.19. The average molecular weight is 150 g/mol. The van der Waals surface area contributed by atoms with Crippen LogP contribution in [0, 0.1) is 0 Å². The third-order valence-corrected chi connectivity index (χ3v) is 1.63. The zero-order valence-electron chi connectivity index (χ0n) is 6.37. The van der Waals surface area contributed by atoms with Crippen LogP contribution < -0.4 is 0 Å². The molecule has 58 valence electrons. The van der Waals surface area contributed by atoms with E-state index < -0.39 is 0 Å². The summed E-state index contributed by atoms with van der Waals surface area (Å²) >= 11 is 0. The molecule has 0 amide bonds. The molecule has 11 heavy (non-hydrogen) atoms. The third kappa shape index (κ3) is 1.58. The van der Waals surface area contributed by atoms with Crippen LogP contribution in [-0.2, 0) is 6.42 Å². The van der Waals surface area contributed by atoms with Crippen LogP contribution in [0.25, 0.3) is 0 Å². The molecule has 0 aliphatic rings. The number of rotatable bonds is 2. The number of phenols is 1. The molecule has 2 heteroatoms. The summed E-state index contributed by atoms with van der Waals surface area (Å²) < 4.78 is 0. The number of phenolic OH excluding ortho intramolecular Hbond substituents is 1. The maximum absolute atomic E-state index is 10.4. The Bertz CT molecular complexity index is 266. The molecule has 1 aromatic carbocycles. The van der Waals surface area contributed by atoms with Crippen LogP contribution in [0.2, 0.25) is 0 Å². The first kappa shape index (κ1) is 7.79. The maximum atomic E-state index is 10.4. The molecule has 2 nitrogen and oxygen atoms in total. The summed E-state index contributed by atoms with van der Waals surface area (Å²) in [4.78, 5) is 10.4. The Hall–Kier alpha value is -1.31. The molecule has 0 aromatic heterocycles. The highest BCUT2D eigenvalue weighted by Gasteiger charge is 1.99. The van der Waals surface area contributed by atoms with Crippen molar-refractivity contribution in [1.29, 1.82) is 0 Å². The topological polar surface area (TPSA) is 37.3 Å². The van der Waals surface area contributed by atoms with E-state index in [-0.39, 0.29) is 5.75 Å². The summed E-state index contributed by atoms with van der Waals surface area (Å²) in [6.07, 6.45) is 1.57. The van der Waals surface area contributed by atoms with Crippen molar-refractivity contribution in [2.75, 3.05) is 0 Å². The summed E-state index contributed by atoms with van der Waals surface area (Å²) in [5.41, 5.74) is 1.55. The number of aldehydes is 1. The molecule has 0 aliphatic carbocycles. The molecule has 0 heterocycles. The van der Waals surface area contributed by atoms with Gasteiger partial charge < -0.3 is 5.11 Å². The summed E-state index contributed by atoms with van der Waals surface area (Å²) in [7, 11) is 0. The molecular formula is C9H10O2. The second-order valence-corrected chi connectivity index (χ2v) is 2.35. The highest BCUT2D eigenvalue weighted by molar-refractivity contribution is 5.77. The maximum Gasteiger partial charge on any atom is 0.150 e. The first-order valence-electron chi connectivity index (χ1n) is 3.55. The number of carbonyl (C=O) groups excluding carboxylic acids is 1. The third-order valence-electron chi connectivity index (χ3n) is 1.63. The summed E-state index contributed by atoms with van der Waals surface area (Å²) in [5, 5.41) is 9.05. The predicted octanol–water partition coefficient (Wildman–Crippen LogP) is 1.77. The summed E-state index contributed by atoms with van der Waals surface area (Å²) in [6.45, 7) is 1.95. The highest BCUT2D eigenvalue weighted by atomic mass is 16.3. The van der Waals surface area contributed by atoms with E-state index in [1.54, 1.807) is 12.1 Å². The molecule has 0 saturated heterocycles. The zero-order valence-corrected chi connectivity index (χ0v) is 6.37. The van der Waals surface area contributed by atoms with E-state index in [0.717, 1.165) is 18.3 Å². The van der Waals surface area contributed by atoms with Crippen molar-refractivity contribution < 1.29 is 9.90 Å². The fourth-order valence-corrected chi connectivity index (χ4v) is 1.01. The quantitative estimate of drug-likeness (QED) is 0.652. The van der Waals surface area contributed by atoms with E-state index in [1.807, 2.05) is 6.92 Å². The van der Waals surface area contributed by atoms with Gasteiger partial charge >= 0.3 is 0 Å². The molecule has 1 aromatic rings. The van der Waals surface area contributed by atoms with Gasteiger partial charge in [-0.2, -0.15) is 0 Å². The number of hydrogen-bond donors (Lipinski definition) is 1. The monoisotopic (exact) mass is 150 g/mol. The van der Waals surface area contributed by atoms with Gasteiger partial charge in [-0.3, -0.25) is 4.79 Å². The number of carbonyl (C=O) groups is 1. The van der Waals surface area contributed by atoms with E-state index in [0.29, 0.717) is 5.56 Å². The lowest BCUT2D eigenvalue weighted by atomic mass is 10.1. The van der Waals surface area contributed by atoms with Crippen LogP contribution in [0.15, 0.2) is 18.2 Å². The van der Waals surface area contributed by atoms with Crippen LogP contribution >= 0.6 is 0 Å². The largest absolute Gasteiger partial charge is 0.508 e. The van der Waals surface area contributed by atoms with Crippen molar-refractivity contribution in [3.63, 3.8) is 0 Å². The van der Waals surface area contributed by atoms with Crippen molar-refractivity contribution in [1.82, 2.24) is 0 Å². The van der Waals surface area contributed by atoms with Crippen molar-refractivity contribution in [3.8, 4) is 5.75 Å². The second-order valence-electron chi connectivity index (χ2n) is 2.35. The van der Waals surface area contributed by atoms with Gasteiger partial charge in [0.2, 0.25) is 0 Å². The zero-order chi connectivity index (χ0) is 8.27. The van der Waals surface area contributed by atoms with Gasteiger partial charge in [-0.05, 0) is 30.2 Å². The van der Waals surface area contributed by atoms with Crippen LogP contribution in [0.5, 0.6) is 5.75 Å². The number of hydrogen-bond acceptors (Lipinski definition) is 2. The lowest BCUT2D eigenvalue weighted by Crippen LogP contribution is -1.88. The minimum Gasteiger partial charge on any atom is -0.508 e. The standard InChI is InChI=1S/C9H10O2/c1-2-7-5-9(11)4-3-8(7)6-10/h3-6,11H,2H2,1H3. The minimum atomic E-state index is 0.215. The molecule has 1 rings (SSSR count). The van der Waals surface area contributed by atoms with Crippen molar-refractivity contribution >= 4 is 6.29 Å². The Morgan fingerprint density at radius 3 is 2.82 bits per heavy atom. The lowest BCUT2D eigenvalue weighted by molar-refractivity contribution is 0.112. The van der Waals surface area contributed by atoms with Gasteiger partial charge in [0.1, 0.15) is 12.0 Å². The summed E-state index contributed by atoms with van der Waals surface area (Å²) in [5.74, 6) is 0.215. The van der Waals surface area contributed by atoms with Gasteiger partial charge in [0.15, 0.2) is 0 Å². The number of aromatic hydroxyl groups is 1. The van der Waals surface area contributed by atoms with Crippen LogP contribution in [0.3, 0.4) is 0 Å². The Morgan fingerprint density at radius 1 is 1.55 bits per heavy atom. The molecule has 0 bridgehead atoms. The predicted molar refractivity (Wildman–Crippen MR) is 42.9 cm³/mol. The first-order valence-corrected chi connectivity index (χ1v) is 3.55. The molecule has 0 unspecified atom stereocenters. The average Bonchev–Trinajstić information content (AvgIpc) is 2.04. The molecule has 0 aliphatic heterocycles. The van der Waals surface area contributed by atoms with Gasteiger partial charge in [0.25, 0.3) is 0 Å². The Balaban J connectivity index is 3.16. The van der Waals surface area contributed by atoms with Crippen LogP contribution in [0.1, 0.15) is 22.8 Å². The van der Waals surface area contributed by atoms with Gasteiger partial charge in [-0.25, -0.2) is 0 Å². The van der Waals surface area contributed by atoms with Crippen molar-refractivity contribution in [2.24, 2.45) is 0 Å².